The van der Waals surface area contributed by atoms with E-state index in [1.807, 2.05) is 18.2 Å². The molecule has 0 saturated carbocycles. The van der Waals surface area contributed by atoms with Gasteiger partial charge >= 0.3 is 0 Å². The van der Waals surface area contributed by atoms with Gasteiger partial charge in [0, 0.05) is 30.4 Å². The van der Waals surface area contributed by atoms with E-state index in [0.717, 1.165) is 5.56 Å². The van der Waals surface area contributed by atoms with Crippen LogP contribution in [0.5, 0.6) is 5.88 Å². The maximum atomic E-state index is 12.4. The first kappa shape index (κ1) is 16.2. The van der Waals surface area contributed by atoms with Gasteiger partial charge in [-0.15, -0.1) is 0 Å². The van der Waals surface area contributed by atoms with Crippen LogP contribution < -0.4 is 4.74 Å². The summed E-state index contributed by atoms with van der Waals surface area (Å²) in [4.78, 5) is 22.1. The molecule has 0 bridgehead atoms. The number of carbonyl (C=O) groups is 1. The van der Waals surface area contributed by atoms with E-state index >= 15 is 0 Å². The van der Waals surface area contributed by atoms with E-state index in [9.17, 15) is 4.79 Å². The van der Waals surface area contributed by atoms with E-state index in [4.69, 9.17) is 21.6 Å². The predicted octanol–water partition coefficient (Wildman–Crippen LogP) is 2.22. The second-order valence-electron chi connectivity index (χ2n) is 5.49. The van der Waals surface area contributed by atoms with E-state index in [2.05, 4.69) is 9.97 Å². The van der Waals surface area contributed by atoms with Crippen molar-refractivity contribution in [3.05, 3.63) is 52.9 Å². The maximum Gasteiger partial charge on any atom is 0.251 e. The molecule has 1 aromatic heterocycles. The van der Waals surface area contributed by atoms with E-state index in [0.29, 0.717) is 31.0 Å². The number of nitrogens with zero attached hydrogens (tertiary/aromatic N) is 4. The highest BCUT2D eigenvalue weighted by Gasteiger charge is 2.28. The van der Waals surface area contributed by atoms with Gasteiger partial charge in [-0.1, -0.05) is 23.7 Å². The largest absolute Gasteiger partial charge is 0.470 e. The average molecular weight is 343 g/mol. The van der Waals surface area contributed by atoms with Gasteiger partial charge in [0.2, 0.25) is 11.6 Å². The normalized spacial score (nSPS) is 16.7. The average Bonchev–Trinajstić information content (AvgIpc) is 3.06. The van der Waals surface area contributed by atoms with Gasteiger partial charge in [0.25, 0.3) is 5.88 Å². The lowest BCUT2D eigenvalue weighted by atomic mass is 10.1. The Kier molecular flexibility index (Phi) is 4.92. The molecule has 0 aliphatic carbocycles. The smallest absolute Gasteiger partial charge is 0.251 e. The van der Waals surface area contributed by atoms with Gasteiger partial charge in [0.15, 0.2) is 0 Å². The van der Waals surface area contributed by atoms with Crippen LogP contribution in [0.4, 0.5) is 0 Å². The summed E-state index contributed by atoms with van der Waals surface area (Å²) < 4.78 is 5.74. The molecule has 1 amide bonds. The minimum absolute atomic E-state index is 0.0445. The maximum absolute atomic E-state index is 12.4. The first-order chi connectivity index (χ1) is 11.7. The number of amides is 1. The first-order valence-corrected chi connectivity index (χ1v) is 7.93. The molecule has 1 aliphatic heterocycles. The SMILES string of the molecule is N#Cc1nccnc1O[C@@H]1CCN(C(=O)Cc2ccc(Cl)cc2)C1. The fraction of sp³-hybridized carbons (Fsp3) is 0.294. The molecule has 0 spiro atoms. The van der Waals surface area contributed by atoms with Crippen molar-refractivity contribution in [3.63, 3.8) is 0 Å². The van der Waals surface area contributed by atoms with Gasteiger partial charge in [-0.3, -0.25) is 4.79 Å². The molecule has 1 fully saturated rings. The molecule has 7 heteroatoms. The van der Waals surface area contributed by atoms with Crippen molar-refractivity contribution >= 4 is 17.5 Å². The lowest BCUT2D eigenvalue weighted by Gasteiger charge is -2.17. The predicted molar refractivity (Wildman–Crippen MR) is 87.5 cm³/mol. The molecule has 1 aromatic carbocycles. The number of rotatable bonds is 4. The highest BCUT2D eigenvalue weighted by atomic mass is 35.5. The van der Waals surface area contributed by atoms with E-state index < -0.39 is 0 Å². The number of hydrogen-bond donors (Lipinski definition) is 0. The van der Waals surface area contributed by atoms with Crippen molar-refractivity contribution in [2.45, 2.75) is 18.9 Å². The number of ether oxygens (including phenoxy) is 1. The molecule has 3 rings (SSSR count). The number of likely N-dealkylation sites (tertiary alicyclic amines) is 1. The number of aromatic nitrogens is 2. The highest BCUT2D eigenvalue weighted by molar-refractivity contribution is 6.30. The third-order valence-electron chi connectivity index (χ3n) is 3.82. The summed E-state index contributed by atoms with van der Waals surface area (Å²) in [5, 5.41) is 9.66. The van der Waals surface area contributed by atoms with Crippen LogP contribution in [0.15, 0.2) is 36.7 Å². The molecule has 6 nitrogen and oxygen atoms in total. The molecule has 0 N–H and O–H groups in total. The summed E-state index contributed by atoms with van der Waals surface area (Å²) in [6.45, 7) is 1.10. The molecular formula is C17H15ClN4O2. The van der Waals surface area contributed by atoms with Crippen LogP contribution in [0.3, 0.4) is 0 Å². The summed E-state index contributed by atoms with van der Waals surface area (Å²) in [6, 6.07) is 9.20. The number of hydrogen-bond acceptors (Lipinski definition) is 5. The Balaban J connectivity index is 1.58. The molecule has 0 radical (unpaired) electrons. The lowest BCUT2D eigenvalue weighted by molar-refractivity contribution is -0.129. The Labute approximate surface area is 144 Å². The zero-order chi connectivity index (χ0) is 16.9. The van der Waals surface area contributed by atoms with Gasteiger partial charge in [0.1, 0.15) is 12.2 Å². The third kappa shape index (κ3) is 3.81. The van der Waals surface area contributed by atoms with Crippen molar-refractivity contribution in [2.75, 3.05) is 13.1 Å². The van der Waals surface area contributed by atoms with Crippen LogP contribution in [0.25, 0.3) is 0 Å². The van der Waals surface area contributed by atoms with Crippen molar-refractivity contribution in [2.24, 2.45) is 0 Å². The molecule has 1 atom stereocenters. The monoisotopic (exact) mass is 342 g/mol. The van der Waals surface area contributed by atoms with Crippen LogP contribution in [0, 0.1) is 11.3 Å². The van der Waals surface area contributed by atoms with Crippen LogP contribution in [0.2, 0.25) is 5.02 Å². The Bertz CT molecular complexity index is 773. The van der Waals surface area contributed by atoms with E-state index in [1.165, 1.54) is 12.4 Å². The third-order valence-corrected chi connectivity index (χ3v) is 4.07. The molecule has 24 heavy (non-hydrogen) atoms. The summed E-state index contributed by atoms with van der Waals surface area (Å²) >= 11 is 5.85. The van der Waals surface area contributed by atoms with Gasteiger partial charge in [-0.25, -0.2) is 9.97 Å². The minimum Gasteiger partial charge on any atom is -0.470 e. The standard InChI is InChI=1S/C17H15ClN4O2/c18-13-3-1-12(2-4-13)9-16(23)22-8-5-14(11-22)24-17-15(10-19)20-6-7-21-17/h1-4,6-7,14H,5,8-9,11H2/t14-/m1/s1. The number of benzene rings is 1. The minimum atomic E-state index is -0.178. The quantitative estimate of drug-likeness (QED) is 0.851. The van der Waals surface area contributed by atoms with Gasteiger partial charge in [-0.2, -0.15) is 5.26 Å². The van der Waals surface area contributed by atoms with Gasteiger partial charge in [0.05, 0.1) is 13.0 Å². The fourth-order valence-corrected chi connectivity index (χ4v) is 2.71. The fourth-order valence-electron chi connectivity index (χ4n) is 2.59. The van der Waals surface area contributed by atoms with Gasteiger partial charge < -0.3 is 9.64 Å². The van der Waals surface area contributed by atoms with Crippen LogP contribution >= 0.6 is 11.6 Å². The van der Waals surface area contributed by atoms with Gasteiger partial charge in [-0.05, 0) is 17.7 Å². The zero-order valence-electron chi connectivity index (χ0n) is 12.9. The molecule has 1 saturated heterocycles. The Morgan fingerprint density at radius 3 is 2.83 bits per heavy atom. The van der Waals surface area contributed by atoms with Crippen LogP contribution in [-0.2, 0) is 11.2 Å². The van der Waals surface area contributed by atoms with Crippen molar-refractivity contribution in [3.8, 4) is 11.9 Å². The Hall–Kier alpha value is -2.65. The van der Waals surface area contributed by atoms with Crippen molar-refractivity contribution in [1.82, 2.24) is 14.9 Å². The van der Waals surface area contributed by atoms with Crippen LogP contribution in [-0.4, -0.2) is 40.0 Å². The zero-order valence-corrected chi connectivity index (χ0v) is 13.6. The van der Waals surface area contributed by atoms with Crippen LogP contribution in [0.1, 0.15) is 17.7 Å². The first-order valence-electron chi connectivity index (χ1n) is 7.55. The second-order valence-corrected chi connectivity index (χ2v) is 5.93. The highest BCUT2D eigenvalue weighted by Crippen LogP contribution is 2.19. The molecule has 2 aromatic rings. The molecule has 122 valence electrons. The number of halogens is 1. The summed E-state index contributed by atoms with van der Waals surface area (Å²) in [5.74, 6) is 0.264. The molecule has 2 heterocycles. The van der Waals surface area contributed by atoms with Crippen molar-refractivity contribution < 1.29 is 9.53 Å². The van der Waals surface area contributed by atoms with E-state index in [1.54, 1.807) is 17.0 Å². The number of carbonyl (C=O) groups excluding carboxylic acids is 1. The molecular weight excluding hydrogens is 328 g/mol. The Morgan fingerprint density at radius 1 is 1.33 bits per heavy atom. The summed E-state index contributed by atoms with van der Waals surface area (Å²) in [7, 11) is 0. The number of nitriles is 1. The van der Waals surface area contributed by atoms with E-state index in [-0.39, 0.29) is 23.6 Å². The topological polar surface area (TPSA) is 79.1 Å². The van der Waals surface area contributed by atoms with Crippen molar-refractivity contribution in [1.29, 1.82) is 5.26 Å². The lowest BCUT2D eigenvalue weighted by Crippen LogP contribution is -2.32. The summed E-state index contributed by atoms with van der Waals surface area (Å²) in [5.41, 5.74) is 1.08. The summed E-state index contributed by atoms with van der Waals surface area (Å²) in [6.07, 6.45) is 3.78. The molecule has 0 unspecified atom stereocenters. The second kappa shape index (κ2) is 7.28. The molecule has 1 aliphatic rings. The Morgan fingerprint density at radius 2 is 2.08 bits per heavy atom.